The van der Waals surface area contributed by atoms with Gasteiger partial charge in [-0.2, -0.15) is 11.8 Å². The Morgan fingerprint density at radius 3 is 2.50 bits per heavy atom. The van der Waals surface area contributed by atoms with E-state index in [0.29, 0.717) is 5.92 Å². The molecule has 0 aromatic heterocycles. The Morgan fingerprint density at radius 2 is 2.00 bits per heavy atom. The number of hydrogen-bond donors (Lipinski definition) is 1. The van der Waals surface area contributed by atoms with Crippen LogP contribution in [0.3, 0.4) is 0 Å². The molecule has 0 aromatic rings. The van der Waals surface area contributed by atoms with Gasteiger partial charge in [0, 0.05) is 24.6 Å². The van der Waals surface area contributed by atoms with Gasteiger partial charge in [-0.15, -0.1) is 0 Å². The third-order valence-electron chi connectivity index (χ3n) is 2.37. The number of amides is 1. The molecule has 0 bridgehead atoms. The molecule has 0 aromatic carbocycles. The van der Waals surface area contributed by atoms with E-state index in [1.807, 2.05) is 16.7 Å². The van der Waals surface area contributed by atoms with Gasteiger partial charge in [0.25, 0.3) is 0 Å². The van der Waals surface area contributed by atoms with Gasteiger partial charge >= 0.3 is 0 Å². The average molecular weight is 216 g/mol. The second-order valence-electron chi connectivity index (χ2n) is 4.17. The molecular formula is C10H20N2OS. The molecule has 1 aliphatic rings. The lowest BCUT2D eigenvalue weighted by Crippen LogP contribution is -2.47. The zero-order chi connectivity index (χ0) is 10.6. The van der Waals surface area contributed by atoms with Crippen molar-refractivity contribution in [2.24, 2.45) is 11.7 Å². The number of hydrogen-bond acceptors (Lipinski definition) is 3. The predicted molar refractivity (Wildman–Crippen MR) is 61.3 cm³/mol. The average Bonchev–Trinajstić information content (AvgIpc) is 2.17. The molecule has 0 spiro atoms. The highest BCUT2D eigenvalue weighted by Gasteiger charge is 2.22. The lowest BCUT2D eigenvalue weighted by Gasteiger charge is -2.29. The van der Waals surface area contributed by atoms with Gasteiger partial charge in [-0.25, -0.2) is 0 Å². The lowest BCUT2D eigenvalue weighted by molar-refractivity contribution is -0.132. The van der Waals surface area contributed by atoms with Gasteiger partial charge in [-0.05, 0) is 12.3 Å². The first kappa shape index (κ1) is 11.9. The highest BCUT2D eigenvalue weighted by atomic mass is 32.2. The number of nitrogens with two attached hydrogens (primary N) is 1. The Morgan fingerprint density at radius 1 is 1.43 bits per heavy atom. The van der Waals surface area contributed by atoms with Crippen molar-refractivity contribution in [2.45, 2.75) is 26.3 Å². The fourth-order valence-corrected chi connectivity index (χ4v) is 2.53. The molecule has 1 aliphatic heterocycles. The SMILES string of the molecule is CC(C)CC(N)C(=O)N1CCSCC1. The van der Waals surface area contributed by atoms with Crippen molar-refractivity contribution < 1.29 is 4.79 Å². The van der Waals surface area contributed by atoms with Crippen LogP contribution in [0.5, 0.6) is 0 Å². The summed E-state index contributed by atoms with van der Waals surface area (Å²) in [5.41, 5.74) is 5.85. The molecular weight excluding hydrogens is 196 g/mol. The normalized spacial score (nSPS) is 19.9. The minimum Gasteiger partial charge on any atom is -0.340 e. The standard InChI is InChI=1S/C10H20N2OS/c1-8(2)7-9(11)10(13)12-3-5-14-6-4-12/h8-9H,3-7,11H2,1-2H3. The molecule has 14 heavy (non-hydrogen) atoms. The zero-order valence-corrected chi connectivity index (χ0v) is 9.85. The van der Waals surface area contributed by atoms with Gasteiger partial charge in [0.2, 0.25) is 5.91 Å². The van der Waals surface area contributed by atoms with Crippen LogP contribution in [-0.2, 0) is 4.79 Å². The summed E-state index contributed by atoms with van der Waals surface area (Å²) in [6.45, 7) is 5.93. The van der Waals surface area contributed by atoms with Crippen LogP contribution in [0.15, 0.2) is 0 Å². The zero-order valence-electron chi connectivity index (χ0n) is 9.03. The molecule has 0 aliphatic carbocycles. The number of nitrogens with zero attached hydrogens (tertiary/aromatic N) is 1. The molecule has 0 saturated carbocycles. The summed E-state index contributed by atoms with van der Waals surface area (Å²) in [5.74, 6) is 2.74. The Balaban J connectivity index is 2.38. The number of rotatable bonds is 3. The van der Waals surface area contributed by atoms with Crippen LogP contribution in [0, 0.1) is 5.92 Å². The van der Waals surface area contributed by atoms with Crippen LogP contribution in [0.4, 0.5) is 0 Å². The topological polar surface area (TPSA) is 46.3 Å². The van der Waals surface area contributed by atoms with E-state index in [4.69, 9.17) is 5.73 Å². The highest BCUT2D eigenvalue weighted by Crippen LogP contribution is 2.12. The molecule has 0 radical (unpaired) electrons. The Hall–Kier alpha value is -0.220. The van der Waals surface area contributed by atoms with E-state index < -0.39 is 0 Å². The molecule has 1 heterocycles. The van der Waals surface area contributed by atoms with E-state index in [9.17, 15) is 4.79 Å². The predicted octanol–water partition coefficient (Wildman–Crippen LogP) is 0.935. The largest absolute Gasteiger partial charge is 0.340 e. The molecule has 82 valence electrons. The lowest BCUT2D eigenvalue weighted by atomic mass is 10.0. The summed E-state index contributed by atoms with van der Waals surface area (Å²) < 4.78 is 0. The van der Waals surface area contributed by atoms with Crippen LogP contribution in [0.2, 0.25) is 0 Å². The molecule has 1 amide bonds. The molecule has 4 heteroatoms. The minimum atomic E-state index is -0.293. The molecule has 1 unspecified atom stereocenters. The highest BCUT2D eigenvalue weighted by molar-refractivity contribution is 7.99. The van der Waals surface area contributed by atoms with Crippen LogP contribution < -0.4 is 5.73 Å². The van der Waals surface area contributed by atoms with Gasteiger partial charge in [-0.3, -0.25) is 4.79 Å². The molecule has 3 nitrogen and oxygen atoms in total. The van der Waals surface area contributed by atoms with E-state index in [0.717, 1.165) is 31.0 Å². The summed E-state index contributed by atoms with van der Waals surface area (Å²) in [4.78, 5) is 13.7. The molecule has 1 rings (SSSR count). The molecule has 1 atom stereocenters. The van der Waals surface area contributed by atoms with Crippen LogP contribution in [-0.4, -0.2) is 41.4 Å². The Bertz CT molecular complexity index is 191. The molecule has 2 N–H and O–H groups in total. The fraction of sp³-hybridized carbons (Fsp3) is 0.900. The number of carbonyl (C=O) groups is 1. The quantitative estimate of drug-likeness (QED) is 0.763. The molecule has 1 saturated heterocycles. The number of carbonyl (C=O) groups excluding carboxylic acids is 1. The first-order valence-electron chi connectivity index (χ1n) is 5.23. The van der Waals surface area contributed by atoms with E-state index in [1.54, 1.807) is 0 Å². The molecule has 1 fully saturated rings. The summed E-state index contributed by atoms with van der Waals surface area (Å²) in [5, 5.41) is 0. The first-order chi connectivity index (χ1) is 6.61. The van der Waals surface area contributed by atoms with Gasteiger partial charge in [0.1, 0.15) is 0 Å². The monoisotopic (exact) mass is 216 g/mol. The van der Waals surface area contributed by atoms with Crippen molar-refractivity contribution in [1.82, 2.24) is 4.90 Å². The summed E-state index contributed by atoms with van der Waals surface area (Å²) in [7, 11) is 0. The van der Waals surface area contributed by atoms with Gasteiger partial charge in [0.05, 0.1) is 6.04 Å². The van der Waals surface area contributed by atoms with Crippen LogP contribution in [0.25, 0.3) is 0 Å². The smallest absolute Gasteiger partial charge is 0.239 e. The van der Waals surface area contributed by atoms with Crippen molar-refractivity contribution in [2.75, 3.05) is 24.6 Å². The van der Waals surface area contributed by atoms with Crippen LogP contribution in [0.1, 0.15) is 20.3 Å². The minimum absolute atomic E-state index is 0.138. The fourth-order valence-electron chi connectivity index (χ4n) is 1.63. The van der Waals surface area contributed by atoms with Gasteiger partial charge < -0.3 is 10.6 Å². The van der Waals surface area contributed by atoms with E-state index >= 15 is 0 Å². The first-order valence-corrected chi connectivity index (χ1v) is 6.39. The van der Waals surface area contributed by atoms with Gasteiger partial charge in [0.15, 0.2) is 0 Å². The van der Waals surface area contributed by atoms with Crippen molar-refractivity contribution in [1.29, 1.82) is 0 Å². The Labute approximate surface area is 90.4 Å². The maximum absolute atomic E-state index is 11.8. The maximum atomic E-state index is 11.8. The summed E-state index contributed by atoms with van der Waals surface area (Å²) in [6, 6.07) is -0.293. The van der Waals surface area contributed by atoms with Crippen molar-refractivity contribution in [3.63, 3.8) is 0 Å². The van der Waals surface area contributed by atoms with E-state index in [2.05, 4.69) is 13.8 Å². The second-order valence-corrected chi connectivity index (χ2v) is 5.40. The summed E-state index contributed by atoms with van der Waals surface area (Å²) >= 11 is 1.91. The third-order valence-corrected chi connectivity index (χ3v) is 3.31. The van der Waals surface area contributed by atoms with E-state index in [1.165, 1.54) is 0 Å². The number of thioether (sulfide) groups is 1. The Kier molecular flexibility index (Phi) is 4.75. The van der Waals surface area contributed by atoms with E-state index in [-0.39, 0.29) is 11.9 Å². The van der Waals surface area contributed by atoms with Crippen molar-refractivity contribution >= 4 is 17.7 Å². The van der Waals surface area contributed by atoms with Crippen LogP contribution >= 0.6 is 11.8 Å². The van der Waals surface area contributed by atoms with Gasteiger partial charge in [-0.1, -0.05) is 13.8 Å². The van der Waals surface area contributed by atoms with Crippen molar-refractivity contribution in [3.05, 3.63) is 0 Å². The van der Waals surface area contributed by atoms with Crippen molar-refractivity contribution in [3.8, 4) is 0 Å². The third kappa shape index (κ3) is 3.50. The summed E-state index contributed by atoms with van der Waals surface area (Å²) in [6.07, 6.45) is 0.794. The maximum Gasteiger partial charge on any atom is 0.239 e. The second kappa shape index (κ2) is 5.61.